The van der Waals surface area contributed by atoms with Gasteiger partial charge in [0.2, 0.25) is 5.65 Å². The first-order valence-electron chi connectivity index (χ1n) is 10.0. The van der Waals surface area contributed by atoms with Crippen molar-refractivity contribution < 1.29 is 18.3 Å². The molecule has 4 rings (SSSR count). The summed E-state index contributed by atoms with van der Waals surface area (Å²) in [4.78, 5) is 18.6. The van der Waals surface area contributed by atoms with Crippen molar-refractivity contribution in [2.75, 3.05) is 18.0 Å². The second kappa shape index (κ2) is 8.10. The van der Waals surface area contributed by atoms with Gasteiger partial charge in [0.1, 0.15) is 17.5 Å². The molecule has 164 valence electrons. The Morgan fingerprint density at radius 1 is 1.35 bits per heavy atom. The number of rotatable bonds is 5. The van der Waals surface area contributed by atoms with Crippen molar-refractivity contribution in [2.24, 2.45) is 5.73 Å². The van der Waals surface area contributed by atoms with Gasteiger partial charge in [-0.05, 0) is 51.0 Å². The summed E-state index contributed by atoms with van der Waals surface area (Å²) in [6.07, 6.45) is 3.90. The van der Waals surface area contributed by atoms with Crippen LogP contribution in [-0.2, 0) is 0 Å². The summed E-state index contributed by atoms with van der Waals surface area (Å²) in [6, 6.07) is 4.88. The van der Waals surface area contributed by atoms with Crippen LogP contribution >= 0.6 is 0 Å². The number of hydrogen-bond donors (Lipinski definition) is 2. The Bertz CT molecular complexity index is 1110. The number of benzene rings is 1. The summed E-state index contributed by atoms with van der Waals surface area (Å²) in [5.41, 5.74) is 5.92. The highest BCUT2D eigenvalue weighted by Gasteiger charge is 2.30. The van der Waals surface area contributed by atoms with Crippen molar-refractivity contribution in [3.05, 3.63) is 53.9 Å². The monoisotopic (exact) mass is 430 g/mol. The van der Waals surface area contributed by atoms with Crippen LogP contribution < -0.4 is 20.7 Å². The predicted octanol–water partition coefficient (Wildman–Crippen LogP) is 3.17. The Labute approximate surface area is 178 Å². The van der Waals surface area contributed by atoms with Gasteiger partial charge in [0.25, 0.3) is 0 Å². The molecule has 1 aliphatic heterocycles. The molecular weight excluding hydrogens is 406 g/mol. The van der Waals surface area contributed by atoms with E-state index in [1.807, 2.05) is 4.90 Å². The number of carbonyl (C=O) groups is 1. The van der Waals surface area contributed by atoms with Gasteiger partial charge in [0, 0.05) is 30.4 Å². The van der Waals surface area contributed by atoms with E-state index in [2.05, 4.69) is 15.4 Å². The maximum atomic E-state index is 14.4. The number of amides is 1. The highest BCUT2D eigenvalue weighted by molar-refractivity contribution is 5.73. The first-order chi connectivity index (χ1) is 14.7. The number of halogens is 2. The first-order valence-corrected chi connectivity index (χ1v) is 10.0. The fourth-order valence-electron chi connectivity index (χ4n) is 3.64. The average Bonchev–Trinajstić information content (AvgIpc) is 3.35. The van der Waals surface area contributed by atoms with Gasteiger partial charge in [0.05, 0.1) is 12.2 Å². The van der Waals surface area contributed by atoms with Crippen LogP contribution in [0.3, 0.4) is 0 Å². The van der Waals surface area contributed by atoms with E-state index >= 15 is 0 Å². The molecule has 1 amide bonds. The van der Waals surface area contributed by atoms with Gasteiger partial charge in [0.15, 0.2) is 5.75 Å². The third-order valence-corrected chi connectivity index (χ3v) is 5.08. The van der Waals surface area contributed by atoms with E-state index in [0.717, 1.165) is 18.6 Å². The normalized spacial score (nSPS) is 16.7. The third kappa shape index (κ3) is 4.58. The van der Waals surface area contributed by atoms with Crippen LogP contribution in [0, 0.1) is 11.6 Å². The van der Waals surface area contributed by atoms with Crippen LogP contribution in [0.1, 0.15) is 38.3 Å². The summed E-state index contributed by atoms with van der Waals surface area (Å²) in [6.45, 7) is 4.44. The van der Waals surface area contributed by atoms with E-state index in [1.54, 1.807) is 26.1 Å². The topological polar surface area (TPSA) is 97.8 Å². The first kappa shape index (κ1) is 21.0. The Morgan fingerprint density at radius 2 is 2.16 bits per heavy atom. The van der Waals surface area contributed by atoms with Gasteiger partial charge in [-0.2, -0.15) is 5.10 Å². The Kier molecular flexibility index (Phi) is 5.48. The zero-order chi connectivity index (χ0) is 22.2. The summed E-state index contributed by atoms with van der Waals surface area (Å²) in [5, 5.41) is 6.74. The largest absolute Gasteiger partial charge is 0.412 e. The van der Waals surface area contributed by atoms with Crippen molar-refractivity contribution in [3.8, 4) is 5.75 Å². The predicted molar refractivity (Wildman–Crippen MR) is 111 cm³/mol. The Morgan fingerprint density at radius 3 is 2.94 bits per heavy atom. The third-order valence-electron chi connectivity index (χ3n) is 5.08. The number of hydrogen-bond acceptors (Lipinski definition) is 6. The van der Waals surface area contributed by atoms with Crippen molar-refractivity contribution in [3.63, 3.8) is 0 Å². The molecule has 3 heterocycles. The molecule has 0 bridgehead atoms. The molecule has 1 saturated heterocycles. The maximum Gasteiger partial charge on any atom is 0.412 e. The lowest BCUT2D eigenvalue weighted by atomic mass is 10.0. The maximum absolute atomic E-state index is 14.4. The fraction of sp³-hybridized carbons (Fsp3) is 0.381. The zero-order valence-electron chi connectivity index (χ0n) is 17.3. The lowest BCUT2D eigenvalue weighted by molar-refractivity contribution is 0.198. The Balaban J connectivity index is 1.59. The molecule has 2 aromatic heterocycles. The van der Waals surface area contributed by atoms with Gasteiger partial charge in [-0.1, -0.05) is 0 Å². The number of nitrogens with two attached hydrogens (primary N) is 1. The van der Waals surface area contributed by atoms with Gasteiger partial charge >= 0.3 is 6.09 Å². The smallest absolute Gasteiger partial charge is 0.405 e. The molecule has 1 aromatic carbocycles. The molecule has 3 aromatic rings. The minimum atomic E-state index is -0.665. The van der Waals surface area contributed by atoms with Crippen LogP contribution in [0.25, 0.3) is 5.65 Å². The molecule has 3 N–H and O–H groups in total. The average molecular weight is 430 g/mol. The van der Waals surface area contributed by atoms with Crippen LogP contribution in [-0.4, -0.2) is 39.3 Å². The number of ether oxygens (including phenoxy) is 1. The Hall–Kier alpha value is -3.27. The number of carbonyl (C=O) groups excluding carboxylic acids is 1. The van der Waals surface area contributed by atoms with Crippen LogP contribution in [0.2, 0.25) is 0 Å². The van der Waals surface area contributed by atoms with Crippen molar-refractivity contribution in [1.82, 2.24) is 19.9 Å². The zero-order valence-corrected chi connectivity index (χ0v) is 17.3. The lowest BCUT2D eigenvalue weighted by Gasteiger charge is -2.26. The standard InChI is InChI=1S/C21H24F2N6O2/c1-21(2,24)12-25-20(30)31-17-11-26-29-9-7-18(27-19(17)29)28-8-3-4-16(28)14-10-13(22)5-6-15(14)23/h5-7,9-11,16H,3-4,8,12,24H2,1-2H3,(H,25,30)/t16-/m1/s1. The molecule has 10 heteroatoms. The van der Waals surface area contributed by atoms with Gasteiger partial charge < -0.3 is 20.7 Å². The molecular formula is C21H24F2N6O2. The van der Waals surface area contributed by atoms with Crippen LogP contribution in [0.4, 0.5) is 19.4 Å². The van der Waals surface area contributed by atoms with E-state index in [1.165, 1.54) is 16.8 Å². The summed E-state index contributed by atoms with van der Waals surface area (Å²) in [5.74, 6) is -0.188. The van der Waals surface area contributed by atoms with Gasteiger partial charge in [-0.25, -0.2) is 23.1 Å². The molecule has 1 aliphatic rings. The number of nitrogens with one attached hydrogen (secondary N) is 1. The molecule has 0 radical (unpaired) electrons. The van der Waals surface area contributed by atoms with Crippen molar-refractivity contribution in [1.29, 1.82) is 0 Å². The second-order valence-corrected chi connectivity index (χ2v) is 8.31. The summed E-state index contributed by atoms with van der Waals surface area (Å²) >= 11 is 0. The lowest BCUT2D eigenvalue weighted by Crippen LogP contribution is -2.45. The fourth-order valence-corrected chi connectivity index (χ4v) is 3.64. The quantitative estimate of drug-likeness (QED) is 0.645. The number of aromatic nitrogens is 3. The van der Waals surface area contributed by atoms with Crippen molar-refractivity contribution >= 4 is 17.6 Å². The van der Waals surface area contributed by atoms with Gasteiger partial charge in [-0.15, -0.1) is 0 Å². The van der Waals surface area contributed by atoms with Crippen molar-refractivity contribution in [2.45, 2.75) is 38.3 Å². The molecule has 31 heavy (non-hydrogen) atoms. The molecule has 0 saturated carbocycles. The van der Waals surface area contributed by atoms with E-state index in [0.29, 0.717) is 30.0 Å². The highest BCUT2D eigenvalue weighted by Crippen LogP contribution is 2.37. The van der Waals surface area contributed by atoms with Crippen LogP contribution in [0.5, 0.6) is 5.75 Å². The molecule has 1 fully saturated rings. The summed E-state index contributed by atoms with van der Waals surface area (Å²) in [7, 11) is 0. The van der Waals surface area contributed by atoms with E-state index in [-0.39, 0.29) is 18.3 Å². The number of fused-ring (bicyclic) bond motifs is 1. The van der Waals surface area contributed by atoms with E-state index in [9.17, 15) is 13.6 Å². The molecule has 1 atom stereocenters. The molecule has 0 unspecified atom stereocenters. The molecule has 8 nitrogen and oxygen atoms in total. The highest BCUT2D eigenvalue weighted by atomic mass is 19.1. The van der Waals surface area contributed by atoms with E-state index in [4.69, 9.17) is 10.5 Å². The molecule has 0 spiro atoms. The number of anilines is 1. The second-order valence-electron chi connectivity index (χ2n) is 8.31. The van der Waals surface area contributed by atoms with Crippen LogP contribution in [0.15, 0.2) is 36.7 Å². The van der Waals surface area contributed by atoms with E-state index < -0.39 is 23.3 Å². The SMILES string of the molecule is CC(C)(N)CNC(=O)Oc1cnn2ccc(N3CCC[C@@H]3c3cc(F)ccc3F)nc12. The molecule has 0 aliphatic carbocycles. The number of nitrogens with zero attached hydrogens (tertiary/aromatic N) is 4. The summed E-state index contributed by atoms with van der Waals surface area (Å²) < 4.78 is 34.9. The minimum absolute atomic E-state index is 0.182. The van der Waals surface area contributed by atoms with Gasteiger partial charge in [-0.3, -0.25) is 0 Å². The minimum Gasteiger partial charge on any atom is -0.405 e.